The molecule has 40 valence electrons. The summed E-state index contributed by atoms with van der Waals surface area (Å²) >= 11 is 0. The molecular formula is C4H7O2P. The van der Waals surface area contributed by atoms with Gasteiger partial charge in [0.2, 0.25) is 7.37 Å². The van der Waals surface area contributed by atoms with Crippen molar-refractivity contribution in [3.05, 3.63) is 11.9 Å². The molecule has 0 saturated carbocycles. The summed E-state index contributed by atoms with van der Waals surface area (Å²) in [6.07, 6.45) is 1.78. The van der Waals surface area contributed by atoms with Crippen LogP contribution in [-0.2, 0) is 9.09 Å². The fraction of sp³-hybridized carbons (Fsp3) is 0.500. The normalized spacial score (nSPS) is 39.6. The lowest BCUT2D eigenvalue weighted by Gasteiger charge is -1.96. The smallest absolute Gasteiger partial charge is 0.222 e. The lowest BCUT2D eigenvalue weighted by molar-refractivity contribution is 0.375. The fourth-order valence-electron chi connectivity index (χ4n) is 0.469. The summed E-state index contributed by atoms with van der Waals surface area (Å²) in [7, 11) is -2.22. The van der Waals surface area contributed by atoms with E-state index in [0.717, 1.165) is 0 Å². The van der Waals surface area contributed by atoms with Gasteiger partial charge < -0.3 is 4.52 Å². The maximum Gasteiger partial charge on any atom is 0.222 e. The molecule has 1 heterocycles. The maximum absolute atomic E-state index is 10.7. The lowest BCUT2D eigenvalue weighted by atomic mass is 10.7. The van der Waals surface area contributed by atoms with E-state index >= 15 is 0 Å². The quantitative estimate of drug-likeness (QED) is 0.450. The van der Waals surface area contributed by atoms with E-state index in [1.54, 1.807) is 18.6 Å². The van der Waals surface area contributed by atoms with Gasteiger partial charge in [-0.3, -0.25) is 4.57 Å². The topological polar surface area (TPSA) is 26.3 Å². The Morgan fingerprint density at radius 2 is 2.57 bits per heavy atom. The van der Waals surface area contributed by atoms with Crippen LogP contribution in [0.3, 0.4) is 0 Å². The molecule has 0 amide bonds. The van der Waals surface area contributed by atoms with E-state index < -0.39 is 7.37 Å². The SMILES string of the molecule is C[P@]1(=O)C=CCO1. The van der Waals surface area contributed by atoms with Gasteiger partial charge >= 0.3 is 0 Å². The molecule has 0 unspecified atom stereocenters. The minimum atomic E-state index is -2.22. The molecule has 0 saturated heterocycles. The molecule has 0 aromatic heterocycles. The van der Waals surface area contributed by atoms with E-state index in [2.05, 4.69) is 0 Å². The summed E-state index contributed by atoms with van der Waals surface area (Å²) in [6.45, 7) is 2.13. The minimum absolute atomic E-state index is 0.522. The molecule has 0 radical (unpaired) electrons. The van der Waals surface area contributed by atoms with Crippen molar-refractivity contribution in [2.75, 3.05) is 13.3 Å². The van der Waals surface area contributed by atoms with Crippen LogP contribution in [0.15, 0.2) is 11.9 Å². The monoisotopic (exact) mass is 118 g/mol. The summed E-state index contributed by atoms with van der Waals surface area (Å²) in [5.41, 5.74) is 0. The highest BCUT2D eigenvalue weighted by atomic mass is 31.2. The molecule has 0 aromatic rings. The summed E-state index contributed by atoms with van der Waals surface area (Å²) in [5, 5.41) is 0. The molecule has 7 heavy (non-hydrogen) atoms. The Labute approximate surface area is 42.6 Å². The first-order valence-electron chi connectivity index (χ1n) is 2.10. The van der Waals surface area contributed by atoms with E-state index in [1.807, 2.05) is 0 Å². The molecule has 1 aliphatic heterocycles. The van der Waals surface area contributed by atoms with Crippen molar-refractivity contribution in [1.29, 1.82) is 0 Å². The van der Waals surface area contributed by atoms with Crippen molar-refractivity contribution in [2.45, 2.75) is 0 Å². The third kappa shape index (κ3) is 1.15. The standard InChI is InChI=1S/C4H7O2P/c1-7(5)4-2-3-6-7/h2,4H,3H2,1H3/t7-/m1/s1. The van der Waals surface area contributed by atoms with Gasteiger partial charge in [0, 0.05) is 6.66 Å². The van der Waals surface area contributed by atoms with Crippen LogP contribution < -0.4 is 0 Å². The summed E-state index contributed by atoms with van der Waals surface area (Å²) in [5.74, 6) is 1.63. The van der Waals surface area contributed by atoms with Crippen molar-refractivity contribution < 1.29 is 9.09 Å². The van der Waals surface area contributed by atoms with Crippen LogP contribution in [0.1, 0.15) is 0 Å². The zero-order chi connectivity index (χ0) is 5.33. The molecular weight excluding hydrogens is 111 g/mol. The number of hydrogen-bond donors (Lipinski definition) is 0. The summed E-state index contributed by atoms with van der Waals surface area (Å²) in [4.78, 5) is 0. The third-order valence-corrected chi connectivity index (χ3v) is 2.22. The lowest BCUT2D eigenvalue weighted by Crippen LogP contribution is -1.74. The van der Waals surface area contributed by atoms with Gasteiger partial charge in [0.15, 0.2) is 0 Å². The summed E-state index contributed by atoms with van der Waals surface area (Å²) < 4.78 is 15.5. The van der Waals surface area contributed by atoms with Crippen LogP contribution in [0, 0.1) is 0 Å². The molecule has 0 N–H and O–H groups in total. The molecule has 3 heteroatoms. The first-order valence-corrected chi connectivity index (χ1v) is 4.24. The van der Waals surface area contributed by atoms with Gasteiger partial charge in [0.1, 0.15) is 0 Å². The minimum Gasteiger partial charge on any atom is -0.322 e. The fourth-order valence-corrected chi connectivity index (χ4v) is 1.41. The average Bonchev–Trinajstić information content (AvgIpc) is 1.84. The summed E-state index contributed by atoms with van der Waals surface area (Å²) in [6, 6.07) is 0. The molecule has 0 aliphatic carbocycles. The van der Waals surface area contributed by atoms with Crippen LogP contribution >= 0.6 is 7.37 Å². The van der Waals surface area contributed by atoms with E-state index in [0.29, 0.717) is 6.61 Å². The van der Waals surface area contributed by atoms with E-state index in [9.17, 15) is 4.57 Å². The van der Waals surface area contributed by atoms with Gasteiger partial charge in [-0.05, 0) is 5.82 Å². The van der Waals surface area contributed by atoms with Crippen molar-refractivity contribution in [2.24, 2.45) is 0 Å². The van der Waals surface area contributed by atoms with E-state index in [4.69, 9.17) is 4.52 Å². The predicted molar refractivity (Wildman–Crippen MR) is 28.6 cm³/mol. The molecule has 0 bridgehead atoms. The highest BCUT2D eigenvalue weighted by Gasteiger charge is 2.13. The Bertz CT molecular complexity index is 139. The van der Waals surface area contributed by atoms with Crippen LogP contribution in [0.4, 0.5) is 0 Å². The second-order valence-electron chi connectivity index (χ2n) is 1.59. The second-order valence-corrected chi connectivity index (χ2v) is 3.96. The Hall–Kier alpha value is -0.0700. The van der Waals surface area contributed by atoms with Crippen LogP contribution in [0.2, 0.25) is 0 Å². The van der Waals surface area contributed by atoms with Gasteiger partial charge in [-0.1, -0.05) is 6.08 Å². The van der Waals surface area contributed by atoms with Crippen molar-refractivity contribution >= 4 is 7.37 Å². The third-order valence-electron chi connectivity index (χ3n) is 0.803. The van der Waals surface area contributed by atoms with Gasteiger partial charge in [-0.15, -0.1) is 0 Å². The zero-order valence-corrected chi connectivity index (χ0v) is 5.02. The van der Waals surface area contributed by atoms with Gasteiger partial charge in [-0.25, -0.2) is 0 Å². The predicted octanol–water partition coefficient (Wildman–Crippen LogP) is 1.44. The Kier molecular flexibility index (Phi) is 1.06. The molecule has 1 rings (SSSR count). The Morgan fingerprint density at radius 3 is 2.71 bits per heavy atom. The first kappa shape index (κ1) is 5.07. The van der Waals surface area contributed by atoms with Crippen molar-refractivity contribution in [1.82, 2.24) is 0 Å². The van der Waals surface area contributed by atoms with E-state index in [1.165, 1.54) is 0 Å². The molecule has 0 fully saturated rings. The van der Waals surface area contributed by atoms with E-state index in [-0.39, 0.29) is 0 Å². The molecule has 2 nitrogen and oxygen atoms in total. The van der Waals surface area contributed by atoms with Crippen LogP contribution in [-0.4, -0.2) is 13.3 Å². The molecule has 1 aliphatic rings. The maximum atomic E-state index is 10.7. The average molecular weight is 118 g/mol. The van der Waals surface area contributed by atoms with Gasteiger partial charge in [0.05, 0.1) is 6.61 Å². The second kappa shape index (κ2) is 1.46. The largest absolute Gasteiger partial charge is 0.322 e. The number of rotatable bonds is 0. The highest BCUT2D eigenvalue weighted by Crippen LogP contribution is 2.47. The van der Waals surface area contributed by atoms with Crippen molar-refractivity contribution in [3.63, 3.8) is 0 Å². The van der Waals surface area contributed by atoms with Gasteiger partial charge in [-0.2, -0.15) is 0 Å². The van der Waals surface area contributed by atoms with Gasteiger partial charge in [0.25, 0.3) is 0 Å². The van der Waals surface area contributed by atoms with Crippen LogP contribution in [0.5, 0.6) is 0 Å². The number of hydrogen-bond acceptors (Lipinski definition) is 2. The highest BCUT2D eigenvalue weighted by molar-refractivity contribution is 7.61. The Balaban J connectivity index is 2.77. The molecule has 0 aromatic carbocycles. The molecule has 1 atom stereocenters. The molecule has 0 spiro atoms. The van der Waals surface area contributed by atoms with Crippen molar-refractivity contribution in [3.8, 4) is 0 Å². The van der Waals surface area contributed by atoms with Crippen LogP contribution in [0.25, 0.3) is 0 Å². The Morgan fingerprint density at radius 1 is 1.86 bits per heavy atom. The first-order chi connectivity index (χ1) is 3.21. The zero-order valence-electron chi connectivity index (χ0n) is 4.13.